The van der Waals surface area contributed by atoms with Crippen molar-refractivity contribution in [1.29, 1.82) is 0 Å². The van der Waals surface area contributed by atoms with Gasteiger partial charge in [-0.3, -0.25) is 24.0 Å². The molecule has 4 N–H and O–H groups in total. The fourth-order valence-electron chi connectivity index (χ4n) is 1.81. The molecule has 1 aromatic rings. The lowest BCUT2D eigenvalue weighted by molar-refractivity contribution is -0.139. The molecular weight excluding hydrogens is 390 g/mol. The molecule has 0 radical (unpaired) electrons. The number of ketones is 1. The van der Waals surface area contributed by atoms with E-state index in [4.69, 9.17) is 17.5 Å². The monoisotopic (exact) mass is 413 g/mol. The molecule has 1 unspecified atom stereocenters. The van der Waals surface area contributed by atoms with Gasteiger partial charge < -0.3 is 5.11 Å². The summed E-state index contributed by atoms with van der Waals surface area (Å²) in [7, 11) is -4.67. The zero-order valence-electron chi connectivity index (χ0n) is 13.7. The van der Waals surface area contributed by atoms with Crippen molar-refractivity contribution in [2.24, 2.45) is 0 Å². The second kappa shape index (κ2) is 13.1. The van der Waals surface area contributed by atoms with Crippen LogP contribution in [0.2, 0.25) is 0 Å². The van der Waals surface area contributed by atoms with E-state index in [1.54, 1.807) is 11.8 Å². The van der Waals surface area contributed by atoms with E-state index in [1.165, 1.54) is 6.92 Å². The van der Waals surface area contributed by atoms with E-state index in [0.717, 1.165) is 11.3 Å². The standard InChI is InChI=1S/C14H19NO3S.H2O4S.H2S/c1-10(16)13(11-6-4-3-5-7-11)15-12(14(17)18)8-9-19-2;1-5(2,3)4;/h3-7,12-13,15H,8-9H2,1-2H3,(H,17,18);(H2,1,2,3,4);1H2/t12-,13?;;/m0../s1. The SMILES string of the molecule is CSCC[C@H](NC(C(C)=O)c1ccccc1)C(=O)O.O=S(=O)(O)O.S. The maximum absolute atomic E-state index is 11.7. The summed E-state index contributed by atoms with van der Waals surface area (Å²) in [6, 6.07) is 7.92. The normalized spacial score (nSPS) is 12.8. The van der Waals surface area contributed by atoms with Crippen molar-refractivity contribution in [3.05, 3.63) is 35.9 Å². The summed E-state index contributed by atoms with van der Waals surface area (Å²) in [5.41, 5.74) is 0.797. The highest BCUT2D eigenvalue weighted by atomic mass is 32.3. The van der Waals surface area contributed by atoms with Crippen LogP contribution in [-0.2, 0) is 20.0 Å². The third kappa shape index (κ3) is 13.8. The molecule has 0 aliphatic heterocycles. The van der Waals surface area contributed by atoms with Crippen LogP contribution in [0.25, 0.3) is 0 Å². The van der Waals surface area contributed by atoms with Gasteiger partial charge in [-0.15, -0.1) is 0 Å². The van der Waals surface area contributed by atoms with Crippen molar-refractivity contribution >= 4 is 47.4 Å². The van der Waals surface area contributed by atoms with E-state index in [2.05, 4.69) is 5.32 Å². The Morgan fingerprint density at radius 3 is 2.04 bits per heavy atom. The van der Waals surface area contributed by atoms with Gasteiger partial charge in [0.15, 0.2) is 5.78 Å². The van der Waals surface area contributed by atoms with Crippen LogP contribution in [-0.4, -0.2) is 52.4 Å². The van der Waals surface area contributed by atoms with Gasteiger partial charge >= 0.3 is 16.4 Å². The molecule has 144 valence electrons. The van der Waals surface area contributed by atoms with Gasteiger partial charge in [-0.2, -0.15) is 33.7 Å². The van der Waals surface area contributed by atoms with E-state index in [1.807, 2.05) is 36.6 Å². The second-order valence-electron chi connectivity index (χ2n) is 4.74. The first-order valence-electron chi connectivity index (χ1n) is 6.79. The third-order valence-electron chi connectivity index (χ3n) is 2.82. The minimum atomic E-state index is -4.67. The van der Waals surface area contributed by atoms with Gasteiger partial charge in [-0.05, 0) is 30.9 Å². The first kappa shape index (κ1) is 26.1. The van der Waals surface area contributed by atoms with E-state index < -0.39 is 28.5 Å². The summed E-state index contributed by atoms with van der Waals surface area (Å²) in [6.07, 6.45) is 2.42. The maximum Gasteiger partial charge on any atom is 0.394 e. The summed E-state index contributed by atoms with van der Waals surface area (Å²) in [6.45, 7) is 1.47. The zero-order chi connectivity index (χ0) is 18.8. The molecule has 0 saturated heterocycles. The molecule has 25 heavy (non-hydrogen) atoms. The minimum Gasteiger partial charge on any atom is -0.480 e. The van der Waals surface area contributed by atoms with Crippen molar-refractivity contribution < 1.29 is 32.2 Å². The molecule has 1 aromatic carbocycles. The number of carbonyl (C=O) groups excluding carboxylic acids is 1. The van der Waals surface area contributed by atoms with Gasteiger partial charge in [0.05, 0.1) is 6.04 Å². The van der Waals surface area contributed by atoms with Crippen LogP contribution in [0.15, 0.2) is 30.3 Å². The Hall–Kier alpha value is -1.11. The minimum absolute atomic E-state index is 0. The van der Waals surface area contributed by atoms with Crippen LogP contribution < -0.4 is 5.32 Å². The number of aliphatic carboxylic acids is 1. The lowest BCUT2D eigenvalue weighted by Crippen LogP contribution is -2.42. The van der Waals surface area contributed by atoms with Crippen LogP contribution in [0.4, 0.5) is 0 Å². The van der Waals surface area contributed by atoms with Crippen LogP contribution in [0.5, 0.6) is 0 Å². The Kier molecular flexibility index (Phi) is 13.7. The number of nitrogens with one attached hydrogen (secondary N) is 1. The van der Waals surface area contributed by atoms with Gasteiger partial charge in [0.2, 0.25) is 0 Å². The van der Waals surface area contributed by atoms with Crippen molar-refractivity contribution in [1.82, 2.24) is 5.32 Å². The van der Waals surface area contributed by atoms with Gasteiger partial charge in [0.25, 0.3) is 0 Å². The number of thioether (sulfide) groups is 1. The molecule has 0 heterocycles. The van der Waals surface area contributed by atoms with Crippen molar-refractivity contribution in [2.45, 2.75) is 25.4 Å². The van der Waals surface area contributed by atoms with Gasteiger partial charge in [0, 0.05) is 0 Å². The fraction of sp³-hybridized carbons (Fsp3) is 0.429. The highest BCUT2D eigenvalue weighted by Gasteiger charge is 2.24. The van der Waals surface area contributed by atoms with Crippen LogP contribution in [0.3, 0.4) is 0 Å². The number of carboxylic acid groups (broad SMARTS) is 1. The van der Waals surface area contributed by atoms with E-state index in [-0.39, 0.29) is 19.3 Å². The first-order valence-corrected chi connectivity index (χ1v) is 9.58. The van der Waals surface area contributed by atoms with Gasteiger partial charge in [-0.1, -0.05) is 30.3 Å². The molecule has 0 aliphatic rings. The van der Waals surface area contributed by atoms with E-state index >= 15 is 0 Å². The average Bonchev–Trinajstić information content (AvgIpc) is 2.46. The Balaban J connectivity index is 0. The summed E-state index contributed by atoms with van der Waals surface area (Å²) in [5.74, 6) is -0.263. The number of Topliss-reactive ketones (excluding diaryl/α,β-unsaturated/α-hetero) is 1. The Labute approximate surface area is 158 Å². The highest BCUT2D eigenvalue weighted by molar-refractivity contribution is 7.98. The molecule has 0 amide bonds. The molecule has 0 aliphatic carbocycles. The van der Waals surface area contributed by atoms with Gasteiger partial charge in [-0.25, -0.2) is 0 Å². The lowest BCUT2D eigenvalue weighted by atomic mass is 10.0. The molecule has 0 spiro atoms. The lowest BCUT2D eigenvalue weighted by Gasteiger charge is -2.21. The van der Waals surface area contributed by atoms with Crippen LogP contribution >= 0.6 is 25.3 Å². The van der Waals surface area contributed by atoms with Crippen LogP contribution in [0, 0.1) is 0 Å². The second-order valence-corrected chi connectivity index (χ2v) is 6.62. The molecule has 2 atom stereocenters. The number of carbonyl (C=O) groups is 2. The number of hydrogen-bond donors (Lipinski definition) is 4. The molecule has 0 aromatic heterocycles. The number of hydrogen-bond acceptors (Lipinski definition) is 6. The predicted molar refractivity (Wildman–Crippen MR) is 102 cm³/mol. The largest absolute Gasteiger partial charge is 0.480 e. The topological polar surface area (TPSA) is 141 Å². The van der Waals surface area contributed by atoms with Crippen molar-refractivity contribution in [3.63, 3.8) is 0 Å². The fourth-order valence-corrected chi connectivity index (χ4v) is 2.28. The molecule has 1 rings (SSSR count). The quantitative estimate of drug-likeness (QED) is 0.467. The summed E-state index contributed by atoms with van der Waals surface area (Å²) in [5, 5.41) is 12.1. The molecule has 0 fully saturated rings. The molecule has 0 saturated carbocycles. The zero-order valence-corrected chi connectivity index (χ0v) is 16.4. The number of carboxylic acids is 1. The summed E-state index contributed by atoms with van der Waals surface area (Å²) >= 11 is 1.59. The smallest absolute Gasteiger partial charge is 0.394 e. The maximum atomic E-state index is 11.7. The molecule has 0 bridgehead atoms. The first-order chi connectivity index (χ1) is 11.1. The van der Waals surface area contributed by atoms with E-state index in [0.29, 0.717) is 6.42 Å². The average molecular weight is 414 g/mol. The number of benzene rings is 1. The Morgan fingerprint density at radius 1 is 1.20 bits per heavy atom. The molecule has 8 nitrogen and oxygen atoms in total. The van der Waals surface area contributed by atoms with Gasteiger partial charge in [0.1, 0.15) is 6.04 Å². The Morgan fingerprint density at radius 2 is 1.68 bits per heavy atom. The van der Waals surface area contributed by atoms with E-state index in [9.17, 15) is 14.7 Å². The van der Waals surface area contributed by atoms with Crippen molar-refractivity contribution in [2.75, 3.05) is 12.0 Å². The van der Waals surface area contributed by atoms with Crippen molar-refractivity contribution in [3.8, 4) is 0 Å². The van der Waals surface area contributed by atoms with Crippen LogP contribution in [0.1, 0.15) is 24.9 Å². The number of rotatable bonds is 8. The highest BCUT2D eigenvalue weighted by Crippen LogP contribution is 2.15. The molecule has 11 heteroatoms. The predicted octanol–water partition coefficient (Wildman–Crippen LogP) is 1.57. The Bertz CT molecular complexity index is 615. The summed E-state index contributed by atoms with van der Waals surface area (Å²) < 4.78 is 31.6. The summed E-state index contributed by atoms with van der Waals surface area (Å²) in [4.78, 5) is 22.9. The third-order valence-corrected chi connectivity index (χ3v) is 3.46. The molecular formula is C14H23NO7S3.